The van der Waals surface area contributed by atoms with E-state index in [0.717, 1.165) is 5.32 Å². The third-order valence-corrected chi connectivity index (χ3v) is 4.60. The molecule has 0 saturated heterocycles. The van der Waals surface area contributed by atoms with Crippen molar-refractivity contribution in [3.8, 4) is 0 Å². The van der Waals surface area contributed by atoms with Crippen LogP contribution in [0.2, 0.25) is 0 Å². The molecule has 0 heterocycles. The molecule has 0 bridgehead atoms. The molecule has 2 unspecified atom stereocenters. The molecule has 1 aliphatic rings. The van der Waals surface area contributed by atoms with E-state index in [4.69, 9.17) is 0 Å². The molecule has 0 radical (unpaired) electrons. The minimum atomic E-state index is -8.01. The van der Waals surface area contributed by atoms with E-state index in [2.05, 4.69) is 0 Å². The van der Waals surface area contributed by atoms with Crippen molar-refractivity contribution in [2.24, 2.45) is 0 Å². The Kier molecular flexibility index (Phi) is 8.50. The summed E-state index contributed by atoms with van der Waals surface area (Å²) in [6, 6.07) is -1.41. The molecule has 21 heteroatoms. The fourth-order valence-corrected chi connectivity index (χ4v) is 2.69. The van der Waals surface area contributed by atoms with Gasteiger partial charge in [0.25, 0.3) is 5.91 Å². The normalized spacial score (nSPS) is 21.0. The molecule has 0 aromatic heterocycles. The van der Waals surface area contributed by atoms with Gasteiger partial charge in [0.1, 0.15) is 0 Å². The summed E-state index contributed by atoms with van der Waals surface area (Å²) in [7, 11) is 0. The third kappa shape index (κ3) is 5.85. The van der Waals surface area contributed by atoms with Crippen molar-refractivity contribution in [1.82, 2.24) is 5.32 Å². The summed E-state index contributed by atoms with van der Waals surface area (Å²) in [5.41, 5.74) is 0. The van der Waals surface area contributed by atoms with E-state index in [1.54, 1.807) is 0 Å². The largest absolute Gasteiger partial charge is 0.462 e. The van der Waals surface area contributed by atoms with Gasteiger partial charge in [-0.2, -0.15) is 74.6 Å². The summed E-state index contributed by atoms with van der Waals surface area (Å²) in [5, 5.41) is 1.12. The molecular formula is C15H12F17NO3. The van der Waals surface area contributed by atoms with Gasteiger partial charge in [-0.25, -0.2) is 0 Å². The molecule has 214 valence electrons. The van der Waals surface area contributed by atoms with E-state index in [0.29, 0.717) is 6.42 Å². The first-order chi connectivity index (χ1) is 15.7. The van der Waals surface area contributed by atoms with Crippen molar-refractivity contribution in [2.75, 3.05) is 0 Å². The Morgan fingerprint density at radius 2 is 1.03 bits per heavy atom. The number of nitrogens with one attached hydrogen (secondary N) is 1. The van der Waals surface area contributed by atoms with Crippen molar-refractivity contribution in [3.63, 3.8) is 0 Å². The Labute approximate surface area is 188 Å². The van der Waals surface area contributed by atoms with E-state index in [-0.39, 0.29) is 25.7 Å². The lowest BCUT2D eigenvalue weighted by atomic mass is 9.95. The van der Waals surface area contributed by atoms with Crippen LogP contribution in [-0.4, -0.2) is 60.3 Å². The van der Waals surface area contributed by atoms with Crippen LogP contribution in [0.15, 0.2) is 0 Å². The minimum Gasteiger partial charge on any atom is -0.348 e. The van der Waals surface area contributed by atoms with Gasteiger partial charge >= 0.3 is 48.4 Å². The van der Waals surface area contributed by atoms with Gasteiger partial charge in [0.2, 0.25) is 0 Å². The van der Waals surface area contributed by atoms with Crippen LogP contribution in [0.3, 0.4) is 0 Å². The molecule has 1 saturated carbocycles. The van der Waals surface area contributed by atoms with Crippen LogP contribution in [0.25, 0.3) is 0 Å². The van der Waals surface area contributed by atoms with Crippen molar-refractivity contribution in [1.29, 1.82) is 0 Å². The Morgan fingerprint density at radius 3 is 1.39 bits per heavy atom. The summed E-state index contributed by atoms with van der Waals surface area (Å²) in [6.07, 6.45) is -38.0. The molecule has 1 amide bonds. The third-order valence-electron chi connectivity index (χ3n) is 4.60. The molecule has 36 heavy (non-hydrogen) atoms. The minimum absolute atomic E-state index is 0.172. The molecule has 1 N–H and O–H groups in total. The predicted molar refractivity (Wildman–Crippen MR) is 77.9 cm³/mol. The number of alkyl halides is 17. The molecule has 4 nitrogen and oxygen atoms in total. The standard InChI is InChI=1S/C15H12F17NO3/c16-8(11(20,21)22,7(34)33-6-4-2-1-3-5-6)35-15(31,32)10(19,13(26,27)28)36-14(29,30)9(17,18)12(23,24)25/h6H,1-5H2,(H,33,34). The molecule has 1 fully saturated rings. The zero-order valence-corrected chi connectivity index (χ0v) is 16.8. The van der Waals surface area contributed by atoms with Gasteiger partial charge in [0, 0.05) is 6.04 Å². The van der Waals surface area contributed by atoms with E-state index < -0.39 is 60.3 Å². The van der Waals surface area contributed by atoms with E-state index in [1.807, 2.05) is 4.74 Å². The smallest absolute Gasteiger partial charge is 0.348 e. The number of amides is 1. The Bertz CT molecular complexity index is 786. The molecule has 0 spiro atoms. The van der Waals surface area contributed by atoms with Gasteiger partial charge in [-0.1, -0.05) is 19.3 Å². The van der Waals surface area contributed by atoms with Gasteiger partial charge in [0.15, 0.2) is 0 Å². The van der Waals surface area contributed by atoms with Crippen molar-refractivity contribution >= 4 is 5.91 Å². The highest BCUT2D eigenvalue weighted by molar-refractivity contribution is 5.84. The lowest BCUT2D eigenvalue weighted by molar-refractivity contribution is -0.548. The number of halogens is 17. The molecule has 0 aliphatic heterocycles. The highest BCUT2D eigenvalue weighted by Gasteiger charge is 2.85. The first kappa shape index (κ1) is 32.2. The van der Waals surface area contributed by atoms with Crippen LogP contribution in [0.4, 0.5) is 74.6 Å². The van der Waals surface area contributed by atoms with Crippen molar-refractivity contribution in [2.45, 2.75) is 86.5 Å². The monoisotopic (exact) mass is 577 g/mol. The second kappa shape index (κ2) is 9.50. The second-order valence-corrected chi connectivity index (χ2v) is 7.30. The van der Waals surface area contributed by atoms with Gasteiger partial charge < -0.3 is 5.32 Å². The van der Waals surface area contributed by atoms with E-state index >= 15 is 0 Å². The van der Waals surface area contributed by atoms with Crippen LogP contribution in [0.5, 0.6) is 0 Å². The summed E-state index contributed by atoms with van der Waals surface area (Å²) < 4.78 is 225. The number of hydrogen-bond donors (Lipinski definition) is 1. The highest BCUT2D eigenvalue weighted by atomic mass is 19.4. The van der Waals surface area contributed by atoms with Crippen molar-refractivity contribution < 1.29 is 88.9 Å². The van der Waals surface area contributed by atoms with Crippen LogP contribution >= 0.6 is 0 Å². The van der Waals surface area contributed by atoms with Crippen LogP contribution in [0.1, 0.15) is 32.1 Å². The quantitative estimate of drug-likeness (QED) is 0.345. The maximum Gasteiger partial charge on any atom is 0.462 e. The highest BCUT2D eigenvalue weighted by Crippen LogP contribution is 2.56. The number of ether oxygens (including phenoxy) is 2. The lowest BCUT2D eigenvalue weighted by Crippen LogP contribution is -2.69. The lowest BCUT2D eigenvalue weighted by Gasteiger charge is -2.40. The molecule has 0 aromatic rings. The van der Waals surface area contributed by atoms with Gasteiger partial charge in [0.05, 0.1) is 0 Å². The topological polar surface area (TPSA) is 47.6 Å². The Hall–Kier alpha value is -1.80. The maximum atomic E-state index is 14.4. The molecular weight excluding hydrogens is 565 g/mol. The number of hydrogen-bond acceptors (Lipinski definition) is 3. The molecule has 1 aliphatic carbocycles. The summed E-state index contributed by atoms with van der Waals surface area (Å²) in [4.78, 5) is 11.7. The second-order valence-electron chi connectivity index (χ2n) is 7.30. The summed E-state index contributed by atoms with van der Waals surface area (Å²) in [5.74, 6) is -25.9. The zero-order chi connectivity index (χ0) is 28.8. The number of rotatable bonds is 8. The predicted octanol–water partition coefficient (Wildman–Crippen LogP) is 6.31. The molecule has 2 atom stereocenters. The molecule has 0 aromatic carbocycles. The van der Waals surface area contributed by atoms with Crippen LogP contribution < -0.4 is 5.32 Å². The van der Waals surface area contributed by atoms with E-state index in [9.17, 15) is 79.4 Å². The Morgan fingerprint density at radius 1 is 0.583 bits per heavy atom. The number of carbonyl (C=O) groups excluding carboxylic acids is 1. The van der Waals surface area contributed by atoms with E-state index in [1.165, 1.54) is 4.74 Å². The van der Waals surface area contributed by atoms with Crippen molar-refractivity contribution in [3.05, 3.63) is 0 Å². The van der Waals surface area contributed by atoms with Gasteiger partial charge in [-0.3, -0.25) is 14.3 Å². The van der Waals surface area contributed by atoms with Crippen LogP contribution in [0, 0.1) is 0 Å². The molecule has 1 rings (SSSR count). The summed E-state index contributed by atoms with van der Waals surface area (Å²) in [6.45, 7) is 0. The first-order valence-corrected chi connectivity index (χ1v) is 9.09. The SMILES string of the molecule is O=C(NC1CCCCC1)C(F)(OC(F)(F)C(F)(OC(F)(F)C(F)(F)C(F)(F)F)C(F)(F)F)C(F)(F)F. The van der Waals surface area contributed by atoms with Gasteiger partial charge in [-0.05, 0) is 12.8 Å². The first-order valence-electron chi connectivity index (χ1n) is 9.09. The summed E-state index contributed by atoms with van der Waals surface area (Å²) >= 11 is 0. The van der Waals surface area contributed by atoms with Gasteiger partial charge in [-0.15, -0.1) is 0 Å². The van der Waals surface area contributed by atoms with Crippen LogP contribution in [-0.2, 0) is 14.3 Å². The fraction of sp³-hybridized carbons (Fsp3) is 0.933. The maximum absolute atomic E-state index is 14.4. The fourth-order valence-electron chi connectivity index (χ4n) is 2.69. The zero-order valence-electron chi connectivity index (χ0n) is 16.8. The average Bonchev–Trinajstić information content (AvgIpc) is 2.65. The average molecular weight is 577 g/mol. The Balaban J connectivity index is 3.52. The number of carbonyl (C=O) groups is 1.